The number of nitrogens with two attached hydrogens (primary N) is 1. The molecule has 1 atom stereocenters. The first kappa shape index (κ1) is 17.2. The van der Waals surface area contributed by atoms with Crippen LogP contribution in [0.3, 0.4) is 0 Å². The van der Waals surface area contributed by atoms with E-state index in [0.717, 1.165) is 28.7 Å². The molecule has 1 saturated heterocycles. The van der Waals surface area contributed by atoms with Gasteiger partial charge in [-0.2, -0.15) is 5.10 Å². The first-order valence-corrected chi connectivity index (χ1v) is 7.67. The Kier molecular flexibility index (Phi) is 4.40. The van der Waals surface area contributed by atoms with E-state index in [1.807, 2.05) is 19.2 Å². The fourth-order valence-electron chi connectivity index (χ4n) is 3.09. The van der Waals surface area contributed by atoms with Crippen molar-refractivity contribution in [3.8, 4) is 11.5 Å². The van der Waals surface area contributed by atoms with Gasteiger partial charge in [0.15, 0.2) is 5.69 Å². The number of primary amides is 1. The highest BCUT2D eigenvalue weighted by molar-refractivity contribution is 5.93. The van der Waals surface area contributed by atoms with Crippen LogP contribution in [0.4, 0.5) is 5.69 Å². The predicted octanol–water partition coefficient (Wildman–Crippen LogP) is 1.32. The molecule has 3 N–H and O–H groups in total. The number of amides is 1. The molecule has 9 heteroatoms. The van der Waals surface area contributed by atoms with Crippen LogP contribution < -0.4 is 10.6 Å². The highest BCUT2D eigenvalue weighted by Crippen LogP contribution is 2.36. The third-order valence-electron chi connectivity index (χ3n) is 4.35. The van der Waals surface area contributed by atoms with Gasteiger partial charge >= 0.3 is 0 Å². The van der Waals surface area contributed by atoms with Crippen molar-refractivity contribution < 1.29 is 14.3 Å². The maximum atomic E-state index is 11.3. The molecule has 1 aliphatic heterocycles. The van der Waals surface area contributed by atoms with Gasteiger partial charge in [-0.15, -0.1) is 12.4 Å². The standard InChI is InChI=1S/C16H17N5O3.ClH/c1-20-13-5-11(16-19-12(8-24-16)15(17)23)14(4-9(13)6-18-20)21-3-2-10(22)7-21;/h4-6,8,10,22H,2-3,7H2,1H3,(H2,17,23);1H. The van der Waals surface area contributed by atoms with E-state index in [9.17, 15) is 9.90 Å². The summed E-state index contributed by atoms with van der Waals surface area (Å²) in [5, 5.41) is 15.1. The van der Waals surface area contributed by atoms with Crippen molar-refractivity contribution in [3.05, 3.63) is 30.3 Å². The number of oxazole rings is 1. The first-order valence-electron chi connectivity index (χ1n) is 7.67. The first-order chi connectivity index (χ1) is 11.5. The smallest absolute Gasteiger partial charge is 0.270 e. The zero-order valence-electron chi connectivity index (χ0n) is 13.5. The number of carbonyl (C=O) groups is 1. The Bertz CT molecular complexity index is 935. The van der Waals surface area contributed by atoms with Crippen molar-refractivity contribution in [2.45, 2.75) is 12.5 Å². The SMILES string of the molecule is Cl.Cn1ncc2cc(N3CCC(O)C3)c(-c3nc(C(N)=O)co3)cc21. The van der Waals surface area contributed by atoms with Crippen molar-refractivity contribution in [2.75, 3.05) is 18.0 Å². The van der Waals surface area contributed by atoms with Crippen molar-refractivity contribution in [1.29, 1.82) is 0 Å². The van der Waals surface area contributed by atoms with Crippen LogP contribution >= 0.6 is 12.4 Å². The van der Waals surface area contributed by atoms with Crippen molar-refractivity contribution >= 4 is 34.9 Å². The highest BCUT2D eigenvalue weighted by Gasteiger charge is 2.25. The fraction of sp³-hybridized carbons (Fsp3) is 0.312. The van der Waals surface area contributed by atoms with Crippen LogP contribution in [0.15, 0.2) is 29.0 Å². The van der Waals surface area contributed by atoms with Gasteiger partial charge in [-0.1, -0.05) is 0 Å². The Morgan fingerprint density at radius 3 is 2.88 bits per heavy atom. The quantitative estimate of drug-likeness (QED) is 0.726. The lowest BCUT2D eigenvalue weighted by molar-refractivity contribution is 0.0995. The second kappa shape index (κ2) is 6.38. The molecule has 25 heavy (non-hydrogen) atoms. The monoisotopic (exact) mass is 363 g/mol. The molecule has 0 spiro atoms. The van der Waals surface area contributed by atoms with Crippen LogP contribution in [0, 0.1) is 0 Å². The summed E-state index contributed by atoms with van der Waals surface area (Å²) in [6, 6.07) is 3.93. The number of fused-ring (bicyclic) bond motifs is 1. The molecule has 0 aliphatic carbocycles. The molecule has 1 aromatic carbocycles. The summed E-state index contributed by atoms with van der Waals surface area (Å²) in [4.78, 5) is 17.6. The molecule has 1 unspecified atom stereocenters. The van der Waals surface area contributed by atoms with E-state index < -0.39 is 5.91 Å². The minimum absolute atomic E-state index is 0. The molecule has 3 heterocycles. The van der Waals surface area contributed by atoms with Gasteiger partial charge in [0, 0.05) is 25.5 Å². The molecule has 4 rings (SSSR count). The number of hydrogen-bond acceptors (Lipinski definition) is 6. The number of aromatic nitrogens is 3. The summed E-state index contributed by atoms with van der Waals surface area (Å²) in [5.74, 6) is -0.312. The Hall–Kier alpha value is -2.58. The van der Waals surface area contributed by atoms with Gasteiger partial charge in [-0.3, -0.25) is 9.48 Å². The Morgan fingerprint density at radius 1 is 1.44 bits per heavy atom. The minimum atomic E-state index is -0.634. The number of hydrogen-bond donors (Lipinski definition) is 2. The van der Waals surface area contributed by atoms with Gasteiger partial charge in [0.25, 0.3) is 5.91 Å². The van der Waals surface area contributed by atoms with Crippen LogP contribution in [0.5, 0.6) is 0 Å². The lowest BCUT2D eigenvalue weighted by atomic mass is 10.1. The lowest BCUT2D eigenvalue weighted by Crippen LogP contribution is -2.21. The molecule has 0 bridgehead atoms. The summed E-state index contributed by atoms with van der Waals surface area (Å²) in [6.45, 7) is 1.28. The molecule has 132 valence electrons. The maximum Gasteiger partial charge on any atom is 0.270 e. The lowest BCUT2D eigenvalue weighted by Gasteiger charge is -2.20. The molecule has 0 saturated carbocycles. The van der Waals surface area contributed by atoms with Gasteiger partial charge in [0.2, 0.25) is 5.89 Å². The van der Waals surface area contributed by atoms with E-state index in [1.54, 1.807) is 10.9 Å². The van der Waals surface area contributed by atoms with Crippen molar-refractivity contribution in [1.82, 2.24) is 14.8 Å². The number of rotatable bonds is 3. The van der Waals surface area contributed by atoms with Crippen molar-refractivity contribution in [2.24, 2.45) is 12.8 Å². The second-order valence-electron chi connectivity index (χ2n) is 5.99. The number of benzene rings is 1. The van der Waals surface area contributed by atoms with Gasteiger partial charge < -0.3 is 20.2 Å². The molecule has 1 aliphatic rings. The van der Waals surface area contributed by atoms with E-state index in [0.29, 0.717) is 18.9 Å². The fourth-order valence-corrected chi connectivity index (χ4v) is 3.09. The highest BCUT2D eigenvalue weighted by atomic mass is 35.5. The molecule has 1 amide bonds. The summed E-state index contributed by atoms with van der Waals surface area (Å²) in [6.07, 6.45) is 3.41. The average Bonchev–Trinajstić information content (AvgIpc) is 3.26. The van der Waals surface area contributed by atoms with Crippen LogP contribution in [0.2, 0.25) is 0 Å². The van der Waals surface area contributed by atoms with Crippen molar-refractivity contribution in [3.63, 3.8) is 0 Å². The zero-order chi connectivity index (χ0) is 16.8. The van der Waals surface area contributed by atoms with E-state index in [4.69, 9.17) is 10.2 Å². The van der Waals surface area contributed by atoms with E-state index in [1.165, 1.54) is 6.26 Å². The zero-order valence-corrected chi connectivity index (χ0v) is 14.4. The number of β-amino-alcohol motifs (C(OH)–C–C–N with tert-alkyl or cyclic N) is 1. The number of aliphatic hydroxyl groups excluding tert-OH is 1. The molecular formula is C16H18ClN5O3. The van der Waals surface area contributed by atoms with Crippen LogP contribution in [-0.4, -0.2) is 45.0 Å². The number of aryl methyl sites for hydroxylation is 1. The van der Waals surface area contributed by atoms with E-state index in [-0.39, 0.29) is 24.2 Å². The van der Waals surface area contributed by atoms with Gasteiger partial charge in [0.1, 0.15) is 6.26 Å². The average molecular weight is 364 g/mol. The normalized spacial score (nSPS) is 17.0. The number of nitrogens with zero attached hydrogens (tertiary/aromatic N) is 4. The molecule has 8 nitrogen and oxygen atoms in total. The second-order valence-corrected chi connectivity index (χ2v) is 5.99. The number of carbonyl (C=O) groups excluding carboxylic acids is 1. The largest absolute Gasteiger partial charge is 0.444 e. The summed E-state index contributed by atoms with van der Waals surface area (Å²) >= 11 is 0. The maximum absolute atomic E-state index is 11.3. The minimum Gasteiger partial charge on any atom is -0.444 e. The summed E-state index contributed by atoms with van der Waals surface area (Å²) in [7, 11) is 1.86. The summed E-state index contributed by atoms with van der Waals surface area (Å²) in [5.41, 5.74) is 7.91. The van der Waals surface area contributed by atoms with Crippen LogP contribution in [0.25, 0.3) is 22.4 Å². The van der Waals surface area contributed by atoms with Gasteiger partial charge in [-0.05, 0) is 18.6 Å². The molecule has 3 aromatic rings. The third-order valence-corrected chi connectivity index (χ3v) is 4.35. The Morgan fingerprint density at radius 2 is 2.24 bits per heavy atom. The van der Waals surface area contributed by atoms with Gasteiger partial charge in [-0.25, -0.2) is 4.98 Å². The number of aliphatic hydroxyl groups is 1. The predicted molar refractivity (Wildman–Crippen MR) is 94.8 cm³/mol. The molecular weight excluding hydrogens is 346 g/mol. The number of halogens is 1. The molecule has 2 aromatic heterocycles. The summed E-state index contributed by atoms with van der Waals surface area (Å²) < 4.78 is 7.24. The third kappa shape index (κ3) is 2.94. The van der Waals surface area contributed by atoms with E-state index >= 15 is 0 Å². The number of anilines is 1. The molecule has 0 radical (unpaired) electrons. The molecule has 1 fully saturated rings. The van der Waals surface area contributed by atoms with E-state index in [2.05, 4.69) is 15.0 Å². The van der Waals surface area contributed by atoms with Gasteiger partial charge in [0.05, 0.1) is 29.1 Å². The Balaban J connectivity index is 0.00000182. The van der Waals surface area contributed by atoms with Crippen LogP contribution in [0.1, 0.15) is 16.9 Å². The van der Waals surface area contributed by atoms with Crippen LogP contribution in [-0.2, 0) is 7.05 Å². The topological polar surface area (TPSA) is 110 Å². The Labute approximate surface area is 149 Å².